The van der Waals surface area contributed by atoms with Gasteiger partial charge in [-0.3, -0.25) is 4.90 Å². The Morgan fingerprint density at radius 2 is 1.86 bits per heavy atom. The summed E-state index contributed by atoms with van der Waals surface area (Å²) in [7, 11) is 0. The van der Waals surface area contributed by atoms with Crippen molar-refractivity contribution in [2.45, 2.75) is 40.2 Å². The van der Waals surface area contributed by atoms with Gasteiger partial charge < -0.3 is 0 Å². The van der Waals surface area contributed by atoms with E-state index in [-0.39, 0.29) is 5.41 Å². The maximum atomic E-state index is 8.84. The number of hydrogen-bond donors (Lipinski definition) is 0. The van der Waals surface area contributed by atoms with Gasteiger partial charge in [0.1, 0.15) is 0 Å². The number of hydrogen-bond acceptors (Lipinski definition) is 3. The summed E-state index contributed by atoms with van der Waals surface area (Å²) in [5.74, 6) is 0. The Morgan fingerprint density at radius 3 is 2.21 bits per heavy atom. The molecule has 0 bridgehead atoms. The summed E-state index contributed by atoms with van der Waals surface area (Å²) < 4.78 is 0. The summed E-state index contributed by atoms with van der Waals surface area (Å²) in [4.78, 5) is 2.08. The second-order valence-corrected chi connectivity index (χ2v) is 4.47. The third-order valence-electron chi connectivity index (χ3n) is 2.33. The van der Waals surface area contributed by atoms with E-state index < -0.39 is 0 Å². The summed E-state index contributed by atoms with van der Waals surface area (Å²) >= 11 is 0. The van der Waals surface area contributed by atoms with Gasteiger partial charge in [0.2, 0.25) is 0 Å². The lowest BCUT2D eigenvalue weighted by atomic mass is 9.91. The standard InChI is InChI=1S/C11H19N3/c1-10(2)14(8-6-12)7-5-11(3,4)9-13/h10H,5,7-8H2,1-4H3. The largest absolute Gasteiger partial charge is 0.288 e. The van der Waals surface area contributed by atoms with E-state index in [0.717, 1.165) is 13.0 Å². The van der Waals surface area contributed by atoms with E-state index >= 15 is 0 Å². The second kappa shape index (κ2) is 5.62. The first-order chi connectivity index (χ1) is 6.43. The molecule has 0 radical (unpaired) electrons. The molecule has 0 aliphatic heterocycles. The lowest BCUT2D eigenvalue weighted by Gasteiger charge is -2.26. The molecule has 14 heavy (non-hydrogen) atoms. The van der Waals surface area contributed by atoms with E-state index in [1.165, 1.54) is 0 Å². The van der Waals surface area contributed by atoms with Crippen LogP contribution in [0.3, 0.4) is 0 Å². The van der Waals surface area contributed by atoms with Crippen LogP contribution in [0.15, 0.2) is 0 Å². The molecular weight excluding hydrogens is 174 g/mol. The molecule has 0 fully saturated rings. The second-order valence-electron chi connectivity index (χ2n) is 4.47. The fraction of sp³-hybridized carbons (Fsp3) is 0.818. The van der Waals surface area contributed by atoms with Gasteiger partial charge >= 0.3 is 0 Å². The van der Waals surface area contributed by atoms with Crippen molar-refractivity contribution in [2.24, 2.45) is 5.41 Å². The van der Waals surface area contributed by atoms with Gasteiger partial charge in [0.25, 0.3) is 0 Å². The number of rotatable bonds is 5. The molecule has 0 aromatic carbocycles. The molecule has 0 aliphatic rings. The topological polar surface area (TPSA) is 50.8 Å². The molecule has 3 heteroatoms. The van der Waals surface area contributed by atoms with Crippen LogP contribution in [0.5, 0.6) is 0 Å². The van der Waals surface area contributed by atoms with E-state index in [0.29, 0.717) is 12.6 Å². The zero-order valence-corrected chi connectivity index (χ0v) is 9.54. The summed E-state index contributed by atoms with van der Waals surface area (Å²) in [5, 5.41) is 17.5. The van der Waals surface area contributed by atoms with Gasteiger partial charge in [-0.15, -0.1) is 0 Å². The van der Waals surface area contributed by atoms with Crippen LogP contribution in [0.2, 0.25) is 0 Å². The van der Waals surface area contributed by atoms with Crippen LogP contribution in [0.4, 0.5) is 0 Å². The SMILES string of the molecule is CC(C)N(CC#N)CCC(C)(C)C#N. The highest BCUT2D eigenvalue weighted by atomic mass is 15.1. The minimum atomic E-state index is -0.289. The Hall–Kier alpha value is -1.06. The molecule has 0 aromatic heterocycles. The van der Waals surface area contributed by atoms with E-state index in [9.17, 15) is 0 Å². The van der Waals surface area contributed by atoms with E-state index in [2.05, 4.69) is 30.9 Å². The molecule has 78 valence electrons. The van der Waals surface area contributed by atoms with E-state index in [1.807, 2.05) is 13.8 Å². The zero-order valence-electron chi connectivity index (χ0n) is 9.54. The molecule has 0 aromatic rings. The smallest absolute Gasteiger partial charge is 0.0868 e. The van der Waals surface area contributed by atoms with Gasteiger partial charge in [-0.1, -0.05) is 0 Å². The molecule has 0 rings (SSSR count). The first kappa shape index (κ1) is 12.9. The normalized spacial score (nSPS) is 11.4. The molecule has 0 N–H and O–H groups in total. The predicted octanol–water partition coefficient (Wildman–Crippen LogP) is 2.16. The van der Waals surface area contributed by atoms with Crippen molar-refractivity contribution in [3.8, 4) is 12.1 Å². The van der Waals surface area contributed by atoms with Crippen LogP contribution in [-0.4, -0.2) is 24.0 Å². The maximum Gasteiger partial charge on any atom is 0.0868 e. The van der Waals surface area contributed by atoms with Gasteiger partial charge in [0.05, 0.1) is 24.1 Å². The van der Waals surface area contributed by atoms with Crippen molar-refractivity contribution in [1.82, 2.24) is 4.90 Å². The summed E-state index contributed by atoms with van der Waals surface area (Å²) in [6.07, 6.45) is 0.809. The highest BCUT2D eigenvalue weighted by Crippen LogP contribution is 2.19. The third-order valence-corrected chi connectivity index (χ3v) is 2.33. The highest BCUT2D eigenvalue weighted by molar-refractivity contribution is 4.92. The molecule has 0 aliphatic carbocycles. The third kappa shape index (κ3) is 4.84. The van der Waals surface area contributed by atoms with Crippen LogP contribution in [0.25, 0.3) is 0 Å². The molecule has 3 nitrogen and oxygen atoms in total. The van der Waals surface area contributed by atoms with Crippen LogP contribution < -0.4 is 0 Å². The minimum Gasteiger partial charge on any atom is -0.288 e. The predicted molar refractivity (Wildman–Crippen MR) is 56.3 cm³/mol. The van der Waals surface area contributed by atoms with Gasteiger partial charge in [-0.2, -0.15) is 10.5 Å². The zero-order chi connectivity index (χ0) is 11.2. The molecule has 0 spiro atoms. The van der Waals surface area contributed by atoms with E-state index in [1.54, 1.807) is 0 Å². The van der Waals surface area contributed by atoms with E-state index in [4.69, 9.17) is 10.5 Å². The Labute approximate surface area is 86.9 Å². The lowest BCUT2D eigenvalue weighted by Crippen LogP contribution is -2.34. The van der Waals surface area contributed by atoms with Crippen molar-refractivity contribution in [2.75, 3.05) is 13.1 Å². The molecular formula is C11H19N3. The van der Waals surface area contributed by atoms with Crippen molar-refractivity contribution in [1.29, 1.82) is 10.5 Å². The quantitative estimate of drug-likeness (QED) is 0.629. The van der Waals surface area contributed by atoms with Crippen molar-refractivity contribution < 1.29 is 0 Å². The Balaban J connectivity index is 4.09. The molecule has 0 saturated carbocycles. The van der Waals surface area contributed by atoms with Crippen LogP contribution in [0, 0.1) is 28.1 Å². The van der Waals surface area contributed by atoms with Crippen molar-refractivity contribution in [3.63, 3.8) is 0 Å². The van der Waals surface area contributed by atoms with Crippen molar-refractivity contribution in [3.05, 3.63) is 0 Å². The van der Waals surface area contributed by atoms with Gasteiger partial charge in [-0.25, -0.2) is 0 Å². The lowest BCUT2D eigenvalue weighted by molar-refractivity contribution is 0.221. The Bertz CT molecular complexity index is 242. The van der Waals surface area contributed by atoms with Crippen molar-refractivity contribution >= 4 is 0 Å². The summed E-state index contributed by atoms with van der Waals surface area (Å²) in [6, 6.07) is 4.78. The first-order valence-corrected chi connectivity index (χ1v) is 4.95. The van der Waals surface area contributed by atoms with Gasteiger partial charge in [0, 0.05) is 12.6 Å². The highest BCUT2D eigenvalue weighted by Gasteiger charge is 2.19. The monoisotopic (exact) mass is 193 g/mol. The summed E-state index contributed by atoms with van der Waals surface area (Å²) in [5.41, 5.74) is -0.289. The molecule has 0 unspecified atom stereocenters. The maximum absolute atomic E-state index is 8.84. The van der Waals surface area contributed by atoms with Crippen LogP contribution in [-0.2, 0) is 0 Å². The first-order valence-electron chi connectivity index (χ1n) is 4.95. The number of nitriles is 2. The summed E-state index contributed by atoms with van der Waals surface area (Å²) in [6.45, 7) is 9.24. The average Bonchev–Trinajstić information content (AvgIpc) is 2.12. The minimum absolute atomic E-state index is 0.289. The molecule has 0 heterocycles. The van der Waals surface area contributed by atoms with Crippen LogP contribution in [0.1, 0.15) is 34.1 Å². The molecule has 0 atom stereocenters. The number of nitrogens with zero attached hydrogens (tertiary/aromatic N) is 3. The fourth-order valence-corrected chi connectivity index (χ4v) is 1.09. The van der Waals surface area contributed by atoms with Crippen LogP contribution >= 0.6 is 0 Å². The molecule has 0 saturated heterocycles. The Morgan fingerprint density at radius 1 is 1.29 bits per heavy atom. The molecule has 0 amide bonds. The fourth-order valence-electron chi connectivity index (χ4n) is 1.09. The average molecular weight is 193 g/mol. The Kier molecular flexibility index (Phi) is 5.20. The van der Waals surface area contributed by atoms with Gasteiger partial charge in [0.15, 0.2) is 0 Å². The van der Waals surface area contributed by atoms with Gasteiger partial charge in [-0.05, 0) is 34.1 Å².